The molecule has 0 unspecified atom stereocenters. The number of anilines is 1. The first kappa shape index (κ1) is 25.0. The number of ether oxygens (including phenoxy) is 1. The standard InChI is InChI=1S/C30H34N6OS/c1-19(26-9-10-27(38-26)23-8-6-5-7-22(23)18-35(3)4)32-28-25-17-24(21-11-15-37-16-12-21)29-31-13-14-36(29)30(25)34-20(2)33-28/h5-10,13-14,17,19,21H,11-12,15-16,18H2,1-4H3,(H,32,33,34)/t19-/m1/s1. The number of fused-ring (bicyclic) bond motifs is 3. The Morgan fingerprint density at radius 1 is 1.11 bits per heavy atom. The third kappa shape index (κ3) is 4.79. The maximum Gasteiger partial charge on any atom is 0.151 e. The van der Waals surface area contributed by atoms with Crippen molar-refractivity contribution in [1.29, 1.82) is 0 Å². The van der Waals surface area contributed by atoms with Crippen molar-refractivity contribution in [2.45, 2.75) is 45.2 Å². The highest BCUT2D eigenvalue weighted by atomic mass is 32.1. The predicted molar refractivity (Wildman–Crippen MR) is 155 cm³/mol. The Balaban J connectivity index is 1.36. The minimum Gasteiger partial charge on any atom is -0.381 e. The van der Waals surface area contributed by atoms with E-state index in [2.05, 4.69) is 78.1 Å². The Morgan fingerprint density at radius 2 is 1.92 bits per heavy atom. The first-order chi connectivity index (χ1) is 18.5. The maximum absolute atomic E-state index is 5.64. The van der Waals surface area contributed by atoms with Crippen molar-refractivity contribution in [1.82, 2.24) is 24.3 Å². The summed E-state index contributed by atoms with van der Waals surface area (Å²) in [5.74, 6) is 2.03. The molecule has 6 rings (SSSR count). The molecule has 8 heteroatoms. The van der Waals surface area contributed by atoms with E-state index in [-0.39, 0.29) is 6.04 Å². The van der Waals surface area contributed by atoms with Crippen molar-refractivity contribution >= 4 is 33.8 Å². The van der Waals surface area contributed by atoms with E-state index in [9.17, 15) is 0 Å². The zero-order chi connectivity index (χ0) is 26.2. The first-order valence-corrected chi connectivity index (χ1v) is 14.1. The van der Waals surface area contributed by atoms with E-state index in [4.69, 9.17) is 19.7 Å². The van der Waals surface area contributed by atoms with E-state index in [0.717, 1.165) is 60.9 Å². The van der Waals surface area contributed by atoms with Crippen LogP contribution in [0.1, 0.15) is 53.6 Å². The number of pyridine rings is 1. The summed E-state index contributed by atoms with van der Waals surface area (Å²) in [5.41, 5.74) is 5.77. The van der Waals surface area contributed by atoms with E-state index < -0.39 is 0 Å². The van der Waals surface area contributed by atoms with Gasteiger partial charge in [-0.3, -0.25) is 4.40 Å². The van der Waals surface area contributed by atoms with Crippen molar-refractivity contribution in [3.8, 4) is 10.4 Å². The number of hydrogen-bond donors (Lipinski definition) is 1. The lowest BCUT2D eigenvalue weighted by atomic mass is 9.91. The van der Waals surface area contributed by atoms with E-state index in [1.165, 1.54) is 26.4 Å². The number of benzene rings is 1. The van der Waals surface area contributed by atoms with E-state index >= 15 is 0 Å². The van der Waals surface area contributed by atoms with Crippen molar-refractivity contribution in [2.24, 2.45) is 0 Å². The number of nitrogens with zero attached hydrogens (tertiary/aromatic N) is 5. The molecule has 0 amide bonds. The lowest BCUT2D eigenvalue weighted by Gasteiger charge is -2.24. The lowest BCUT2D eigenvalue weighted by Crippen LogP contribution is -2.16. The number of aryl methyl sites for hydroxylation is 1. The zero-order valence-electron chi connectivity index (χ0n) is 22.4. The van der Waals surface area contributed by atoms with Gasteiger partial charge in [-0.2, -0.15) is 0 Å². The maximum atomic E-state index is 5.64. The smallest absolute Gasteiger partial charge is 0.151 e. The van der Waals surface area contributed by atoms with Gasteiger partial charge < -0.3 is 15.0 Å². The van der Waals surface area contributed by atoms with Crippen molar-refractivity contribution in [2.75, 3.05) is 32.6 Å². The van der Waals surface area contributed by atoms with Crippen LogP contribution in [0.4, 0.5) is 5.82 Å². The summed E-state index contributed by atoms with van der Waals surface area (Å²) < 4.78 is 7.76. The molecule has 4 aromatic heterocycles. The Bertz CT molecular complexity index is 1580. The summed E-state index contributed by atoms with van der Waals surface area (Å²) in [6, 6.07) is 15.5. The van der Waals surface area contributed by atoms with Gasteiger partial charge in [-0.05, 0) is 81.6 Å². The number of nitrogens with one attached hydrogen (secondary N) is 1. The Labute approximate surface area is 227 Å². The number of imidazole rings is 1. The molecule has 0 spiro atoms. The van der Waals surface area contributed by atoms with Crippen LogP contribution in [-0.2, 0) is 11.3 Å². The molecule has 0 saturated carbocycles. The molecule has 1 N–H and O–H groups in total. The van der Waals surface area contributed by atoms with E-state index in [1.54, 1.807) is 0 Å². The molecule has 1 aliphatic rings. The van der Waals surface area contributed by atoms with Gasteiger partial charge in [0.25, 0.3) is 0 Å². The molecule has 0 aliphatic carbocycles. The molecule has 1 saturated heterocycles. The quantitative estimate of drug-likeness (QED) is 0.263. The molecule has 5 aromatic rings. The highest BCUT2D eigenvalue weighted by molar-refractivity contribution is 7.15. The minimum absolute atomic E-state index is 0.0947. The van der Waals surface area contributed by atoms with Crippen LogP contribution < -0.4 is 5.32 Å². The Hall–Kier alpha value is -3.33. The number of hydrogen-bond acceptors (Lipinski definition) is 7. The Morgan fingerprint density at radius 3 is 2.74 bits per heavy atom. The fourth-order valence-electron chi connectivity index (χ4n) is 5.46. The fourth-order valence-corrected chi connectivity index (χ4v) is 6.53. The van der Waals surface area contributed by atoms with Crippen LogP contribution in [0.3, 0.4) is 0 Å². The topological polar surface area (TPSA) is 67.6 Å². The summed E-state index contributed by atoms with van der Waals surface area (Å²) in [7, 11) is 4.23. The molecule has 1 fully saturated rings. The molecule has 1 atom stereocenters. The highest BCUT2D eigenvalue weighted by Gasteiger charge is 2.23. The molecular formula is C30H34N6OS. The Kier molecular flexibility index (Phi) is 6.86. The highest BCUT2D eigenvalue weighted by Crippen LogP contribution is 2.37. The number of rotatable bonds is 7. The SMILES string of the molecule is Cc1nc(N[C@H](C)c2ccc(-c3ccccc3CN(C)C)s2)c2cc(C3CCOCC3)c3nccn3c2n1. The first-order valence-electron chi connectivity index (χ1n) is 13.3. The second-order valence-electron chi connectivity index (χ2n) is 10.4. The van der Waals surface area contributed by atoms with Gasteiger partial charge in [-0.1, -0.05) is 24.3 Å². The molecule has 196 valence electrons. The molecule has 38 heavy (non-hydrogen) atoms. The molecular weight excluding hydrogens is 492 g/mol. The van der Waals surface area contributed by atoms with Crippen LogP contribution in [0, 0.1) is 6.92 Å². The van der Waals surface area contributed by atoms with Gasteiger partial charge in [0.05, 0.1) is 11.4 Å². The van der Waals surface area contributed by atoms with Gasteiger partial charge >= 0.3 is 0 Å². The summed E-state index contributed by atoms with van der Waals surface area (Å²) >= 11 is 1.84. The largest absolute Gasteiger partial charge is 0.381 e. The lowest BCUT2D eigenvalue weighted by molar-refractivity contribution is 0.0855. The summed E-state index contributed by atoms with van der Waals surface area (Å²) in [6.07, 6.45) is 5.89. The predicted octanol–water partition coefficient (Wildman–Crippen LogP) is 6.44. The van der Waals surface area contributed by atoms with Crippen LogP contribution in [0.5, 0.6) is 0 Å². The van der Waals surface area contributed by atoms with Gasteiger partial charge in [0.1, 0.15) is 17.3 Å². The minimum atomic E-state index is 0.0947. The number of thiophene rings is 1. The molecule has 1 aromatic carbocycles. The summed E-state index contributed by atoms with van der Waals surface area (Å²) in [4.78, 5) is 19.2. The normalized spacial score (nSPS) is 15.5. The van der Waals surface area contributed by atoms with Gasteiger partial charge in [0, 0.05) is 41.9 Å². The van der Waals surface area contributed by atoms with Crippen LogP contribution in [-0.4, -0.2) is 51.6 Å². The second-order valence-corrected chi connectivity index (χ2v) is 11.5. The average Bonchev–Trinajstić information content (AvgIpc) is 3.60. The van der Waals surface area contributed by atoms with Crippen LogP contribution in [0.2, 0.25) is 0 Å². The zero-order valence-corrected chi connectivity index (χ0v) is 23.3. The average molecular weight is 527 g/mol. The van der Waals surface area contributed by atoms with Crippen molar-refractivity contribution in [3.63, 3.8) is 0 Å². The molecule has 5 heterocycles. The second kappa shape index (κ2) is 10.4. The third-order valence-corrected chi connectivity index (χ3v) is 8.60. The van der Waals surface area contributed by atoms with E-state index in [1.807, 2.05) is 30.7 Å². The molecule has 7 nitrogen and oxygen atoms in total. The van der Waals surface area contributed by atoms with Crippen LogP contribution in [0.15, 0.2) is 54.9 Å². The van der Waals surface area contributed by atoms with Crippen LogP contribution in [0.25, 0.3) is 27.1 Å². The van der Waals surface area contributed by atoms with Gasteiger partial charge in [0.15, 0.2) is 5.65 Å². The summed E-state index contributed by atoms with van der Waals surface area (Å²) in [5, 5.41) is 4.76. The van der Waals surface area contributed by atoms with Gasteiger partial charge in [-0.15, -0.1) is 11.3 Å². The monoisotopic (exact) mass is 526 g/mol. The summed E-state index contributed by atoms with van der Waals surface area (Å²) in [6.45, 7) is 6.66. The van der Waals surface area contributed by atoms with Crippen molar-refractivity contribution < 1.29 is 4.74 Å². The van der Waals surface area contributed by atoms with Gasteiger partial charge in [-0.25, -0.2) is 15.0 Å². The molecule has 0 bridgehead atoms. The third-order valence-electron chi connectivity index (χ3n) is 7.30. The number of aromatic nitrogens is 4. The van der Waals surface area contributed by atoms with Crippen LogP contribution >= 0.6 is 11.3 Å². The van der Waals surface area contributed by atoms with E-state index in [0.29, 0.717) is 5.92 Å². The van der Waals surface area contributed by atoms with Crippen molar-refractivity contribution in [3.05, 3.63) is 76.7 Å². The molecule has 1 aliphatic heterocycles. The molecule has 0 radical (unpaired) electrons. The van der Waals surface area contributed by atoms with Gasteiger partial charge in [0.2, 0.25) is 0 Å². The fraction of sp³-hybridized carbons (Fsp3) is 0.367.